The Morgan fingerprint density at radius 1 is 1.33 bits per heavy atom. The zero-order valence-electron chi connectivity index (χ0n) is 12.2. The third-order valence-electron chi connectivity index (χ3n) is 3.64. The third-order valence-corrected chi connectivity index (χ3v) is 3.64. The molecule has 1 saturated heterocycles. The average Bonchev–Trinajstić information content (AvgIpc) is 3.09. The first-order valence-corrected chi connectivity index (χ1v) is 7.08. The van der Waals surface area contributed by atoms with Crippen LogP contribution in [0.5, 0.6) is 0 Å². The first-order valence-electron chi connectivity index (χ1n) is 7.08. The highest BCUT2D eigenvalue weighted by atomic mass is 16.5. The van der Waals surface area contributed by atoms with Crippen LogP contribution in [0.1, 0.15) is 36.2 Å². The molecule has 0 spiro atoms. The van der Waals surface area contributed by atoms with Crippen LogP contribution in [0.4, 0.5) is 10.5 Å². The van der Waals surface area contributed by atoms with Gasteiger partial charge < -0.3 is 14.7 Å². The summed E-state index contributed by atoms with van der Waals surface area (Å²) >= 11 is 0. The number of aromatic nitrogens is 2. The van der Waals surface area contributed by atoms with E-state index >= 15 is 0 Å². The van der Waals surface area contributed by atoms with Gasteiger partial charge in [-0.25, -0.2) is 4.79 Å². The lowest BCUT2D eigenvalue weighted by atomic mass is 10.2. The zero-order valence-corrected chi connectivity index (χ0v) is 12.2. The van der Waals surface area contributed by atoms with Gasteiger partial charge in [0, 0.05) is 12.2 Å². The molecule has 1 aromatic heterocycles. The van der Waals surface area contributed by atoms with Crippen molar-refractivity contribution in [3.63, 3.8) is 0 Å². The molecule has 0 bridgehead atoms. The molecule has 1 N–H and O–H groups in total. The second kappa shape index (κ2) is 5.55. The Labute approximate surface area is 123 Å². The Kier molecular flexibility index (Phi) is 3.60. The van der Waals surface area contributed by atoms with E-state index < -0.39 is 0 Å². The normalized spacial score (nSPS) is 18.0. The number of amides is 2. The van der Waals surface area contributed by atoms with E-state index in [1.807, 2.05) is 31.2 Å². The van der Waals surface area contributed by atoms with Gasteiger partial charge >= 0.3 is 6.03 Å². The highest BCUT2D eigenvalue weighted by molar-refractivity contribution is 5.89. The van der Waals surface area contributed by atoms with E-state index in [0.29, 0.717) is 18.3 Å². The fourth-order valence-electron chi connectivity index (χ4n) is 2.55. The van der Waals surface area contributed by atoms with Crippen LogP contribution in [-0.2, 0) is 0 Å². The summed E-state index contributed by atoms with van der Waals surface area (Å²) in [7, 11) is 0. The maximum absolute atomic E-state index is 12.4. The molecule has 0 saturated carbocycles. The number of hydrogen-bond acceptors (Lipinski definition) is 4. The first kappa shape index (κ1) is 13.6. The standard InChI is InChI=1S/C15H18N4O2/c1-10-5-7-12(8-6-10)17-15(20)19-9-3-4-13(19)14-16-11(2)18-21-14/h5-8,13H,3-4,9H2,1-2H3,(H,17,20). The Bertz CT molecular complexity index is 635. The van der Waals surface area contributed by atoms with Gasteiger partial charge in [-0.2, -0.15) is 4.98 Å². The molecule has 2 amide bonds. The summed E-state index contributed by atoms with van der Waals surface area (Å²) < 4.78 is 5.21. The predicted octanol–water partition coefficient (Wildman–Crippen LogP) is 3.06. The van der Waals surface area contributed by atoms with Crippen LogP contribution < -0.4 is 5.32 Å². The Morgan fingerprint density at radius 3 is 2.76 bits per heavy atom. The molecule has 2 heterocycles. The number of rotatable bonds is 2. The summed E-state index contributed by atoms with van der Waals surface area (Å²) in [5.74, 6) is 1.11. The number of aryl methyl sites for hydroxylation is 2. The molecular weight excluding hydrogens is 268 g/mol. The van der Waals surface area contributed by atoms with Gasteiger partial charge in [0.15, 0.2) is 5.82 Å². The third kappa shape index (κ3) is 2.89. The number of urea groups is 1. The molecule has 0 aliphatic carbocycles. The van der Waals surface area contributed by atoms with Crippen LogP contribution in [0, 0.1) is 13.8 Å². The Hall–Kier alpha value is -2.37. The van der Waals surface area contributed by atoms with E-state index in [-0.39, 0.29) is 12.1 Å². The van der Waals surface area contributed by atoms with Gasteiger partial charge in [0.25, 0.3) is 0 Å². The van der Waals surface area contributed by atoms with Crippen LogP contribution in [0.3, 0.4) is 0 Å². The monoisotopic (exact) mass is 286 g/mol. The fourth-order valence-corrected chi connectivity index (χ4v) is 2.55. The van der Waals surface area contributed by atoms with Crippen LogP contribution in [-0.4, -0.2) is 27.6 Å². The lowest BCUT2D eigenvalue weighted by Gasteiger charge is -2.22. The number of anilines is 1. The number of nitrogens with one attached hydrogen (secondary N) is 1. The number of nitrogens with zero attached hydrogens (tertiary/aromatic N) is 3. The van der Waals surface area contributed by atoms with Gasteiger partial charge in [-0.15, -0.1) is 0 Å². The number of likely N-dealkylation sites (tertiary alicyclic amines) is 1. The van der Waals surface area contributed by atoms with E-state index in [9.17, 15) is 4.79 Å². The molecule has 0 radical (unpaired) electrons. The topological polar surface area (TPSA) is 71.3 Å². The SMILES string of the molecule is Cc1ccc(NC(=O)N2CCCC2c2nc(C)no2)cc1. The predicted molar refractivity (Wildman–Crippen MR) is 77.9 cm³/mol. The van der Waals surface area contributed by atoms with E-state index in [0.717, 1.165) is 24.1 Å². The molecule has 1 atom stereocenters. The summed E-state index contributed by atoms with van der Waals surface area (Å²) in [6.45, 7) is 4.49. The molecular formula is C15H18N4O2. The molecule has 3 rings (SSSR count). The minimum absolute atomic E-state index is 0.128. The highest BCUT2D eigenvalue weighted by Crippen LogP contribution is 2.31. The second-order valence-corrected chi connectivity index (χ2v) is 5.33. The molecule has 6 nitrogen and oxygen atoms in total. The molecule has 2 aromatic rings. The van der Waals surface area contributed by atoms with Crippen molar-refractivity contribution >= 4 is 11.7 Å². The first-order chi connectivity index (χ1) is 10.1. The lowest BCUT2D eigenvalue weighted by molar-refractivity contribution is 0.193. The van der Waals surface area contributed by atoms with Crippen molar-refractivity contribution in [1.29, 1.82) is 0 Å². The van der Waals surface area contributed by atoms with Crippen LogP contribution >= 0.6 is 0 Å². The molecule has 6 heteroatoms. The number of benzene rings is 1. The maximum atomic E-state index is 12.4. The van der Waals surface area contributed by atoms with Gasteiger partial charge in [-0.3, -0.25) is 0 Å². The molecule has 1 unspecified atom stereocenters. The molecule has 110 valence electrons. The van der Waals surface area contributed by atoms with Crippen molar-refractivity contribution < 1.29 is 9.32 Å². The van der Waals surface area contributed by atoms with Crippen LogP contribution in [0.15, 0.2) is 28.8 Å². The van der Waals surface area contributed by atoms with Crippen LogP contribution in [0.2, 0.25) is 0 Å². The molecule has 1 aromatic carbocycles. The highest BCUT2D eigenvalue weighted by Gasteiger charge is 2.33. The molecule has 21 heavy (non-hydrogen) atoms. The summed E-state index contributed by atoms with van der Waals surface area (Å²) in [4.78, 5) is 18.4. The number of carbonyl (C=O) groups is 1. The van der Waals surface area contributed by atoms with Crippen molar-refractivity contribution in [2.24, 2.45) is 0 Å². The van der Waals surface area contributed by atoms with E-state index in [1.165, 1.54) is 0 Å². The fraction of sp³-hybridized carbons (Fsp3) is 0.400. The van der Waals surface area contributed by atoms with Crippen molar-refractivity contribution in [3.8, 4) is 0 Å². The van der Waals surface area contributed by atoms with Gasteiger partial charge in [-0.05, 0) is 38.8 Å². The quantitative estimate of drug-likeness (QED) is 0.921. The Balaban J connectivity index is 1.72. The average molecular weight is 286 g/mol. The largest absolute Gasteiger partial charge is 0.337 e. The van der Waals surface area contributed by atoms with Crippen molar-refractivity contribution in [2.75, 3.05) is 11.9 Å². The summed E-state index contributed by atoms with van der Waals surface area (Å²) in [5.41, 5.74) is 1.95. The van der Waals surface area contributed by atoms with Gasteiger partial charge in [-0.1, -0.05) is 22.9 Å². The van der Waals surface area contributed by atoms with Crippen molar-refractivity contribution in [3.05, 3.63) is 41.5 Å². The maximum Gasteiger partial charge on any atom is 0.322 e. The minimum atomic E-state index is -0.128. The molecule has 1 fully saturated rings. The summed E-state index contributed by atoms with van der Waals surface area (Å²) in [6, 6.07) is 7.48. The summed E-state index contributed by atoms with van der Waals surface area (Å²) in [5, 5.41) is 6.72. The van der Waals surface area contributed by atoms with Crippen LogP contribution in [0.25, 0.3) is 0 Å². The van der Waals surface area contributed by atoms with Crippen molar-refractivity contribution in [1.82, 2.24) is 15.0 Å². The molecule has 1 aliphatic rings. The number of hydrogen-bond donors (Lipinski definition) is 1. The lowest BCUT2D eigenvalue weighted by Crippen LogP contribution is -2.34. The van der Waals surface area contributed by atoms with Gasteiger partial charge in [0.05, 0.1) is 0 Å². The molecule has 1 aliphatic heterocycles. The Morgan fingerprint density at radius 2 is 2.10 bits per heavy atom. The van der Waals surface area contributed by atoms with Gasteiger partial charge in [0.2, 0.25) is 5.89 Å². The van der Waals surface area contributed by atoms with Gasteiger partial charge in [0.1, 0.15) is 6.04 Å². The number of carbonyl (C=O) groups excluding carboxylic acids is 1. The minimum Gasteiger partial charge on any atom is -0.337 e. The van der Waals surface area contributed by atoms with E-state index in [1.54, 1.807) is 11.8 Å². The van der Waals surface area contributed by atoms with E-state index in [4.69, 9.17) is 4.52 Å². The second-order valence-electron chi connectivity index (χ2n) is 5.33. The summed E-state index contributed by atoms with van der Waals surface area (Å²) in [6.07, 6.45) is 1.79. The zero-order chi connectivity index (χ0) is 14.8. The smallest absolute Gasteiger partial charge is 0.322 e. The van der Waals surface area contributed by atoms with E-state index in [2.05, 4.69) is 15.5 Å². The van der Waals surface area contributed by atoms with Crippen molar-refractivity contribution in [2.45, 2.75) is 32.7 Å².